The lowest BCUT2D eigenvalue weighted by Gasteiger charge is -2.04. The van der Waals surface area contributed by atoms with Crippen LogP contribution in [0.25, 0.3) is 0 Å². The number of carbonyl (C=O) groups is 1. The SMILES string of the molecule is CCCOc1ccc(C=NNC(=O)c2ccccc2F)cc1. The van der Waals surface area contributed by atoms with Crippen molar-refractivity contribution in [3.63, 3.8) is 0 Å². The largest absolute Gasteiger partial charge is 0.494 e. The molecule has 22 heavy (non-hydrogen) atoms. The first-order valence-electron chi connectivity index (χ1n) is 7.01. The first kappa shape index (κ1) is 15.7. The lowest BCUT2D eigenvalue weighted by molar-refractivity contribution is 0.0951. The summed E-state index contributed by atoms with van der Waals surface area (Å²) in [4.78, 5) is 11.7. The Hall–Kier alpha value is -2.69. The molecule has 114 valence electrons. The van der Waals surface area contributed by atoms with E-state index in [2.05, 4.69) is 10.5 Å². The van der Waals surface area contributed by atoms with Gasteiger partial charge in [0.1, 0.15) is 11.6 Å². The van der Waals surface area contributed by atoms with E-state index in [0.717, 1.165) is 17.7 Å². The van der Waals surface area contributed by atoms with Crippen molar-refractivity contribution in [3.8, 4) is 5.75 Å². The molecule has 4 nitrogen and oxygen atoms in total. The zero-order valence-corrected chi connectivity index (χ0v) is 12.3. The second kappa shape index (κ2) is 7.93. The van der Waals surface area contributed by atoms with Gasteiger partial charge in [0.2, 0.25) is 0 Å². The average Bonchev–Trinajstić information content (AvgIpc) is 2.54. The van der Waals surface area contributed by atoms with E-state index in [1.54, 1.807) is 6.07 Å². The molecule has 0 bridgehead atoms. The molecule has 0 fully saturated rings. The van der Waals surface area contributed by atoms with Gasteiger partial charge in [-0.25, -0.2) is 9.82 Å². The van der Waals surface area contributed by atoms with Crippen LogP contribution in [0, 0.1) is 5.82 Å². The first-order chi connectivity index (χ1) is 10.7. The predicted octanol–water partition coefficient (Wildman–Crippen LogP) is 3.38. The Morgan fingerprint density at radius 3 is 2.64 bits per heavy atom. The summed E-state index contributed by atoms with van der Waals surface area (Å²) in [5.74, 6) is -0.376. The number of rotatable bonds is 6. The van der Waals surface area contributed by atoms with Gasteiger partial charge >= 0.3 is 0 Å². The number of hydrogen-bond donors (Lipinski definition) is 1. The molecule has 5 heteroatoms. The van der Waals surface area contributed by atoms with E-state index in [-0.39, 0.29) is 5.56 Å². The highest BCUT2D eigenvalue weighted by atomic mass is 19.1. The second-order valence-corrected chi connectivity index (χ2v) is 4.60. The molecule has 0 saturated carbocycles. The summed E-state index contributed by atoms with van der Waals surface area (Å²) in [7, 11) is 0. The van der Waals surface area contributed by atoms with E-state index in [9.17, 15) is 9.18 Å². The standard InChI is InChI=1S/C17H17FN2O2/c1-2-11-22-14-9-7-13(8-10-14)12-19-20-17(21)15-5-3-4-6-16(15)18/h3-10,12H,2,11H2,1H3,(H,20,21). The van der Waals surface area contributed by atoms with E-state index in [1.165, 1.54) is 24.4 Å². The maximum atomic E-state index is 13.4. The molecule has 0 saturated heterocycles. The van der Waals surface area contributed by atoms with E-state index in [0.29, 0.717) is 6.61 Å². The molecule has 0 aliphatic rings. The van der Waals surface area contributed by atoms with Crippen molar-refractivity contribution < 1.29 is 13.9 Å². The molecule has 2 aromatic rings. The summed E-state index contributed by atoms with van der Waals surface area (Å²) >= 11 is 0. The number of hydrogen-bond acceptors (Lipinski definition) is 3. The highest BCUT2D eigenvalue weighted by Gasteiger charge is 2.08. The van der Waals surface area contributed by atoms with Gasteiger partial charge in [-0.15, -0.1) is 0 Å². The molecule has 0 aromatic heterocycles. The van der Waals surface area contributed by atoms with Crippen molar-refractivity contribution in [2.24, 2.45) is 5.10 Å². The molecule has 2 rings (SSSR count). The second-order valence-electron chi connectivity index (χ2n) is 4.60. The third kappa shape index (κ3) is 4.41. The molecule has 0 heterocycles. The molecular weight excluding hydrogens is 283 g/mol. The normalized spacial score (nSPS) is 10.6. The minimum atomic E-state index is -0.586. The number of nitrogens with zero attached hydrogens (tertiary/aromatic N) is 1. The van der Waals surface area contributed by atoms with Gasteiger partial charge in [-0.1, -0.05) is 19.1 Å². The predicted molar refractivity (Wildman–Crippen MR) is 83.7 cm³/mol. The molecule has 1 N–H and O–H groups in total. The van der Waals surface area contributed by atoms with Gasteiger partial charge in [0.15, 0.2) is 0 Å². The quantitative estimate of drug-likeness (QED) is 0.657. The fourth-order valence-corrected chi connectivity index (χ4v) is 1.74. The Bertz CT molecular complexity index is 654. The average molecular weight is 300 g/mol. The lowest BCUT2D eigenvalue weighted by Crippen LogP contribution is -2.18. The van der Waals surface area contributed by atoms with Gasteiger partial charge in [0, 0.05) is 0 Å². The van der Waals surface area contributed by atoms with Crippen molar-refractivity contribution in [3.05, 3.63) is 65.5 Å². The summed E-state index contributed by atoms with van der Waals surface area (Å²) in [6.45, 7) is 2.71. The molecule has 1 amide bonds. The minimum Gasteiger partial charge on any atom is -0.494 e. The number of carbonyl (C=O) groups excluding carboxylic acids is 1. The van der Waals surface area contributed by atoms with Crippen LogP contribution in [0.2, 0.25) is 0 Å². The zero-order chi connectivity index (χ0) is 15.8. The van der Waals surface area contributed by atoms with Crippen LogP contribution < -0.4 is 10.2 Å². The summed E-state index contributed by atoms with van der Waals surface area (Å²) in [5.41, 5.74) is 3.06. The topological polar surface area (TPSA) is 50.7 Å². The summed E-state index contributed by atoms with van der Waals surface area (Å²) in [6, 6.07) is 13.1. The van der Waals surface area contributed by atoms with Crippen LogP contribution in [0.5, 0.6) is 5.75 Å². The number of nitrogens with one attached hydrogen (secondary N) is 1. The minimum absolute atomic E-state index is 0.0389. The number of halogens is 1. The zero-order valence-electron chi connectivity index (χ0n) is 12.3. The fraction of sp³-hybridized carbons (Fsp3) is 0.176. The summed E-state index contributed by atoms with van der Waals surface area (Å²) in [6.07, 6.45) is 2.44. The molecule has 0 spiro atoms. The highest BCUT2D eigenvalue weighted by molar-refractivity contribution is 5.95. The third-order valence-electron chi connectivity index (χ3n) is 2.85. The Balaban J connectivity index is 1.92. The van der Waals surface area contributed by atoms with Gasteiger partial charge in [0.05, 0.1) is 18.4 Å². The van der Waals surface area contributed by atoms with E-state index < -0.39 is 11.7 Å². The molecule has 0 radical (unpaired) electrons. The fourth-order valence-electron chi connectivity index (χ4n) is 1.74. The maximum absolute atomic E-state index is 13.4. The molecular formula is C17H17FN2O2. The highest BCUT2D eigenvalue weighted by Crippen LogP contribution is 2.11. The number of amides is 1. The van der Waals surface area contributed by atoms with Gasteiger partial charge in [-0.3, -0.25) is 4.79 Å². The van der Waals surface area contributed by atoms with Crippen LogP contribution in [-0.2, 0) is 0 Å². The van der Waals surface area contributed by atoms with Crippen molar-refractivity contribution in [1.82, 2.24) is 5.43 Å². The number of benzene rings is 2. The summed E-state index contributed by atoms with van der Waals surface area (Å²) < 4.78 is 18.9. The van der Waals surface area contributed by atoms with Crippen LogP contribution in [-0.4, -0.2) is 18.7 Å². The van der Waals surface area contributed by atoms with Gasteiger partial charge in [-0.2, -0.15) is 5.10 Å². The summed E-state index contributed by atoms with van der Waals surface area (Å²) in [5, 5.41) is 3.82. The third-order valence-corrected chi connectivity index (χ3v) is 2.85. The Labute approximate surface area is 128 Å². The van der Waals surface area contributed by atoms with Crippen molar-refractivity contribution in [2.75, 3.05) is 6.61 Å². The van der Waals surface area contributed by atoms with Gasteiger partial charge in [-0.05, 0) is 48.4 Å². The monoisotopic (exact) mass is 300 g/mol. The van der Waals surface area contributed by atoms with Gasteiger partial charge < -0.3 is 4.74 Å². The Morgan fingerprint density at radius 1 is 1.23 bits per heavy atom. The smallest absolute Gasteiger partial charge is 0.274 e. The van der Waals surface area contributed by atoms with E-state index >= 15 is 0 Å². The first-order valence-corrected chi connectivity index (χ1v) is 7.01. The molecule has 0 unspecified atom stereocenters. The molecule has 0 aliphatic carbocycles. The van der Waals surface area contributed by atoms with Crippen LogP contribution >= 0.6 is 0 Å². The van der Waals surface area contributed by atoms with Crippen LogP contribution in [0.1, 0.15) is 29.3 Å². The van der Waals surface area contributed by atoms with Crippen molar-refractivity contribution in [2.45, 2.75) is 13.3 Å². The Kier molecular flexibility index (Phi) is 5.65. The van der Waals surface area contributed by atoms with E-state index in [4.69, 9.17) is 4.74 Å². The molecule has 0 aliphatic heterocycles. The van der Waals surface area contributed by atoms with Crippen LogP contribution in [0.3, 0.4) is 0 Å². The van der Waals surface area contributed by atoms with Crippen molar-refractivity contribution in [1.29, 1.82) is 0 Å². The Morgan fingerprint density at radius 2 is 1.95 bits per heavy atom. The van der Waals surface area contributed by atoms with Crippen LogP contribution in [0.15, 0.2) is 53.6 Å². The molecule has 2 aromatic carbocycles. The van der Waals surface area contributed by atoms with Crippen LogP contribution in [0.4, 0.5) is 4.39 Å². The van der Waals surface area contributed by atoms with E-state index in [1.807, 2.05) is 31.2 Å². The van der Waals surface area contributed by atoms with Crippen molar-refractivity contribution >= 4 is 12.1 Å². The molecule has 0 atom stereocenters. The van der Waals surface area contributed by atoms with Gasteiger partial charge in [0.25, 0.3) is 5.91 Å². The number of hydrazone groups is 1. The lowest BCUT2D eigenvalue weighted by atomic mass is 10.2. The number of ether oxygens (including phenoxy) is 1. The maximum Gasteiger partial charge on any atom is 0.274 e.